The molecule has 0 aliphatic heterocycles. The van der Waals surface area contributed by atoms with Gasteiger partial charge in [-0.05, 0) is 68.3 Å². The Balaban J connectivity index is 2.29. The zero-order valence-corrected chi connectivity index (χ0v) is 13.3. The molecule has 0 spiro atoms. The Morgan fingerprint density at radius 3 is 2.50 bits per heavy atom. The molecule has 3 rings (SSSR count). The quantitative estimate of drug-likeness (QED) is 0.741. The van der Waals surface area contributed by atoms with E-state index in [-0.39, 0.29) is 16.8 Å². The van der Waals surface area contributed by atoms with Crippen molar-refractivity contribution in [3.8, 4) is 11.5 Å². The van der Waals surface area contributed by atoms with Gasteiger partial charge < -0.3 is 4.98 Å². The summed E-state index contributed by atoms with van der Waals surface area (Å²) < 4.78 is 1.61. The lowest BCUT2D eigenvalue weighted by atomic mass is 10.1. The van der Waals surface area contributed by atoms with E-state index in [9.17, 15) is 4.79 Å². The minimum Gasteiger partial charge on any atom is -0.319 e. The second-order valence-electron chi connectivity index (χ2n) is 6.45. The predicted molar refractivity (Wildman–Crippen MR) is 83.6 cm³/mol. The van der Waals surface area contributed by atoms with Crippen molar-refractivity contribution < 1.29 is 0 Å². The van der Waals surface area contributed by atoms with E-state index >= 15 is 0 Å². The van der Waals surface area contributed by atoms with Crippen LogP contribution in [-0.2, 0) is 5.54 Å². The summed E-state index contributed by atoms with van der Waals surface area (Å²) in [6.07, 6.45) is 0. The number of aromatic amines is 1. The van der Waals surface area contributed by atoms with Crippen molar-refractivity contribution in [1.82, 2.24) is 30.2 Å². The molecule has 0 aliphatic rings. The van der Waals surface area contributed by atoms with Gasteiger partial charge in [-0.2, -0.15) is 0 Å². The maximum atomic E-state index is 12.4. The number of hydrogen-bond acceptors (Lipinski definition) is 5. The van der Waals surface area contributed by atoms with Gasteiger partial charge in [0.05, 0.1) is 16.6 Å². The Hall–Kier alpha value is -2.57. The molecule has 114 valence electrons. The highest BCUT2D eigenvalue weighted by Gasteiger charge is 2.23. The summed E-state index contributed by atoms with van der Waals surface area (Å²) in [5.41, 5.74) is 3.26. The fraction of sp³-hybridized carbons (Fsp3) is 0.400. The fourth-order valence-electron chi connectivity index (χ4n) is 2.28. The number of nitrogens with zero attached hydrogens (tertiary/aromatic N) is 5. The van der Waals surface area contributed by atoms with Crippen LogP contribution in [0.15, 0.2) is 16.9 Å². The van der Waals surface area contributed by atoms with E-state index in [0.717, 1.165) is 16.6 Å². The van der Waals surface area contributed by atoms with Crippen molar-refractivity contribution >= 4 is 11.0 Å². The minimum atomic E-state index is -0.342. The lowest BCUT2D eigenvalue weighted by Gasteiger charge is -2.19. The molecule has 1 N–H and O–H groups in total. The molecular weight excluding hydrogens is 280 g/mol. The summed E-state index contributed by atoms with van der Waals surface area (Å²) in [7, 11) is 0. The Morgan fingerprint density at radius 1 is 1.14 bits per heavy atom. The van der Waals surface area contributed by atoms with E-state index in [1.165, 1.54) is 0 Å². The summed E-state index contributed by atoms with van der Waals surface area (Å²) >= 11 is 0. The molecule has 7 heteroatoms. The average molecular weight is 298 g/mol. The number of nitrogens with one attached hydrogen (secondary N) is 1. The van der Waals surface area contributed by atoms with E-state index < -0.39 is 0 Å². The summed E-state index contributed by atoms with van der Waals surface area (Å²) in [6.45, 7) is 9.92. The van der Waals surface area contributed by atoms with Crippen LogP contribution in [0.25, 0.3) is 22.6 Å². The minimum absolute atomic E-state index is 0.232. The lowest BCUT2D eigenvalue weighted by Crippen LogP contribution is -2.26. The first kappa shape index (κ1) is 14.4. The molecule has 0 radical (unpaired) electrons. The van der Waals surface area contributed by atoms with Gasteiger partial charge in [0.25, 0.3) is 5.56 Å². The Bertz CT molecular complexity index is 916. The second-order valence-corrected chi connectivity index (χ2v) is 6.45. The number of aromatic nitrogens is 6. The van der Waals surface area contributed by atoms with E-state index in [1.807, 2.05) is 46.8 Å². The number of H-pyrrole nitrogens is 1. The predicted octanol–water partition coefficient (Wildman–Crippen LogP) is 1.95. The highest BCUT2D eigenvalue weighted by molar-refractivity contribution is 5.77. The number of tetrazole rings is 1. The van der Waals surface area contributed by atoms with Gasteiger partial charge in [0.2, 0.25) is 5.82 Å². The summed E-state index contributed by atoms with van der Waals surface area (Å²) in [6, 6.07) is 3.88. The number of fused-ring (bicyclic) bond motifs is 1. The van der Waals surface area contributed by atoms with Gasteiger partial charge >= 0.3 is 0 Å². The summed E-state index contributed by atoms with van der Waals surface area (Å²) in [5.74, 6) is 0.369. The molecule has 0 amide bonds. The van der Waals surface area contributed by atoms with Crippen molar-refractivity contribution in [3.05, 3.63) is 33.6 Å². The monoisotopic (exact) mass is 298 g/mol. The standard InChI is InChI=1S/C15H18N6O/c1-8-6-10-11(7-9(8)2)17-14(22)12(16-10)13-18-19-20-21(13)15(3,4)5/h6-7H,1-5H3,(H,17,22). The number of aryl methyl sites for hydroxylation is 2. The maximum absolute atomic E-state index is 12.4. The van der Waals surface area contributed by atoms with Crippen LogP contribution in [0.4, 0.5) is 0 Å². The first-order valence-corrected chi connectivity index (χ1v) is 7.08. The number of rotatable bonds is 1. The van der Waals surface area contributed by atoms with Gasteiger partial charge in [-0.3, -0.25) is 4.79 Å². The van der Waals surface area contributed by atoms with Crippen LogP contribution in [0.3, 0.4) is 0 Å². The Morgan fingerprint density at radius 2 is 1.82 bits per heavy atom. The van der Waals surface area contributed by atoms with Crippen molar-refractivity contribution in [1.29, 1.82) is 0 Å². The highest BCUT2D eigenvalue weighted by atomic mass is 16.1. The molecule has 22 heavy (non-hydrogen) atoms. The zero-order valence-electron chi connectivity index (χ0n) is 13.3. The van der Waals surface area contributed by atoms with Gasteiger partial charge in [-0.25, -0.2) is 9.67 Å². The molecule has 0 saturated heterocycles. The van der Waals surface area contributed by atoms with Crippen molar-refractivity contribution in [2.75, 3.05) is 0 Å². The van der Waals surface area contributed by atoms with Crippen LogP contribution >= 0.6 is 0 Å². The van der Waals surface area contributed by atoms with Gasteiger partial charge in [0.1, 0.15) is 0 Å². The SMILES string of the molecule is Cc1cc2nc(-c3nnnn3C(C)(C)C)c(=O)[nH]c2cc1C. The molecule has 0 fully saturated rings. The van der Waals surface area contributed by atoms with E-state index in [0.29, 0.717) is 11.3 Å². The van der Waals surface area contributed by atoms with Crippen LogP contribution in [0.2, 0.25) is 0 Å². The van der Waals surface area contributed by atoms with Crippen molar-refractivity contribution in [3.63, 3.8) is 0 Å². The van der Waals surface area contributed by atoms with E-state index in [4.69, 9.17) is 0 Å². The number of benzene rings is 1. The molecule has 7 nitrogen and oxygen atoms in total. The topological polar surface area (TPSA) is 89.3 Å². The van der Waals surface area contributed by atoms with Crippen molar-refractivity contribution in [2.24, 2.45) is 0 Å². The summed E-state index contributed by atoms with van der Waals surface area (Å²) in [4.78, 5) is 19.7. The summed E-state index contributed by atoms with van der Waals surface area (Å²) in [5, 5.41) is 11.6. The van der Waals surface area contributed by atoms with E-state index in [2.05, 4.69) is 25.5 Å². The van der Waals surface area contributed by atoms with E-state index in [1.54, 1.807) is 4.68 Å². The Kier molecular flexibility index (Phi) is 3.09. The maximum Gasteiger partial charge on any atom is 0.278 e. The third kappa shape index (κ3) is 2.28. The van der Waals surface area contributed by atoms with Crippen LogP contribution in [-0.4, -0.2) is 30.2 Å². The second kappa shape index (κ2) is 4.72. The molecule has 2 aromatic heterocycles. The van der Waals surface area contributed by atoms with Crippen LogP contribution in [0.1, 0.15) is 31.9 Å². The first-order chi connectivity index (χ1) is 10.3. The normalized spacial score (nSPS) is 12.0. The van der Waals surface area contributed by atoms with Crippen LogP contribution in [0.5, 0.6) is 0 Å². The molecule has 0 aliphatic carbocycles. The average Bonchev–Trinajstić information content (AvgIpc) is 2.89. The fourth-order valence-corrected chi connectivity index (χ4v) is 2.28. The lowest BCUT2D eigenvalue weighted by molar-refractivity contribution is 0.350. The Labute approximate surface area is 127 Å². The van der Waals surface area contributed by atoms with Crippen molar-refractivity contribution in [2.45, 2.75) is 40.2 Å². The molecule has 0 bridgehead atoms. The smallest absolute Gasteiger partial charge is 0.278 e. The zero-order chi connectivity index (χ0) is 16.1. The molecule has 3 aromatic rings. The number of hydrogen-bond donors (Lipinski definition) is 1. The highest BCUT2D eigenvalue weighted by Crippen LogP contribution is 2.21. The molecule has 0 atom stereocenters. The van der Waals surface area contributed by atoms with Gasteiger partial charge in [-0.15, -0.1) is 5.10 Å². The van der Waals surface area contributed by atoms with Gasteiger partial charge in [-0.1, -0.05) is 0 Å². The molecule has 0 unspecified atom stereocenters. The molecular formula is C15H18N6O. The molecule has 0 saturated carbocycles. The first-order valence-electron chi connectivity index (χ1n) is 7.08. The third-order valence-electron chi connectivity index (χ3n) is 3.62. The molecule has 1 aromatic carbocycles. The van der Waals surface area contributed by atoms with Gasteiger partial charge in [0, 0.05) is 0 Å². The van der Waals surface area contributed by atoms with Crippen LogP contribution in [0, 0.1) is 13.8 Å². The largest absolute Gasteiger partial charge is 0.319 e. The van der Waals surface area contributed by atoms with Gasteiger partial charge in [0.15, 0.2) is 5.69 Å². The third-order valence-corrected chi connectivity index (χ3v) is 3.62. The molecule has 2 heterocycles. The van der Waals surface area contributed by atoms with Crippen LogP contribution < -0.4 is 5.56 Å².